The van der Waals surface area contributed by atoms with E-state index >= 15 is 0 Å². The van der Waals surface area contributed by atoms with Crippen LogP contribution in [-0.4, -0.2) is 54.3 Å². The maximum Gasteiger partial charge on any atom is 0.191 e. The molecule has 2 aliphatic rings. The highest BCUT2D eigenvalue weighted by atomic mass is 35.5. The van der Waals surface area contributed by atoms with Crippen LogP contribution in [-0.2, 0) is 0 Å². The number of hydrogen-bond donors (Lipinski definition) is 2. The highest BCUT2D eigenvalue weighted by Gasteiger charge is 2.34. The quantitative estimate of drug-likeness (QED) is 0.656. The van der Waals surface area contributed by atoms with E-state index in [0.717, 1.165) is 50.5 Å². The lowest BCUT2D eigenvalue weighted by Gasteiger charge is -2.38. The Labute approximate surface area is 136 Å². The van der Waals surface area contributed by atoms with Crippen LogP contribution in [0, 0.1) is 0 Å². The maximum absolute atomic E-state index is 10.1. The topological polar surface area (TPSA) is 65.1 Å². The van der Waals surface area contributed by atoms with E-state index in [4.69, 9.17) is 17.3 Å². The van der Waals surface area contributed by atoms with Gasteiger partial charge in [0.15, 0.2) is 5.96 Å². The third kappa shape index (κ3) is 3.47. The average Bonchev–Trinajstić information content (AvgIpc) is 2.52. The molecule has 0 amide bonds. The molecule has 3 N–H and O–H groups in total. The highest BCUT2D eigenvalue weighted by molar-refractivity contribution is 6.30. The second-order valence-electron chi connectivity index (χ2n) is 6.20. The molecule has 0 unspecified atom stereocenters. The van der Waals surface area contributed by atoms with Gasteiger partial charge in [-0.25, -0.2) is 0 Å². The lowest BCUT2D eigenvalue weighted by molar-refractivity contribution is -0.0237. The van der Waals surface area contributed by atoms with Crippen molar-refractivity contribution in [2.75, 3.05) is 37.6 Å². The SMILES string of the molecule is NC(=NCC1(O)CCC1)N1CCN(c2ccc(Cl)cc2)CC1. The Morgan fingerprint density at radius 3 is 2.36 bits per heavy atom. The molecule has 0 atom stereocenters. The summed E-state index contributed by atoms with van der Waals surface area (Å²) in [6.45, 7) is 3.92. The Kier molecular flexibility index (Phi) is 4.45. The Bertz CT molecular complexity index is 534. The Morgan fingerprint density at radius 2 is 1.82 bits per heavy atom. The second-order valence-corrected chi connectivity index (χ2v) is 6.64. The fourth-order valence-corrected chi connectivity index (χ4v) is 3.04. The first kappa shape index (κ1) is 15.4. The minimum atomic E-state index is -0.601. The van der Waals surface area contributed by atoms with E-state index < -0.39 is 5.60 Å². The smallest absolute Gasteiger partial charge is 0.191 e. The van der Waals surface area contributed by atoms with E-state index in [-0.39, 0.29) is 0 Å². The molecular formula is C16H23ClN4O. The summed E-state index contributed by atoms with van der Waals surface area (Å²) in [5, 5.41) is 10.8. The van der Waals surface area contributed by atoms with Gasteiger partial charge in [-0.3, -0.25) is 4.99 Å². The molecule has 1 saturated carbocycles. The Hall–Kier alpha value is -1.46. The number of halogens is 1. The van der Waals surface area contributed by atoms with Gasteiger partial charge in [-0.1, -0.05) is 11.6 Å². The first-order valence-corrected chi connectivity index (χ1v) is 8.21. The molecule has 22 heavy (non-hydrogen) atoms. The molecule has 2 fully saturated rings. The van der Waals surface area contributed by atoms with Crippen LogP contribution in [0.15, 0.2) is 29.3 Å². The van der Waals surface area contributed by atoms with Gasteiger partial charge in [0.05, 0.1) is 12.1 Å². The summed E-state index contributed by atoms with van der Waals surface area (Å²) in [7, 11) is 0. The number of rotatable bonds is 3. The number of hydrogen-bond acceptors (Lipinski definition) is 3. The van der Waals surface area contributed by atoms with Gasteiger partial charge in [0, 0.05) is 36.9 Å². The monoisotopic (exact) mass is 322 g/mol. The number of aliphatic imine (C=N–C) groups is 1. The van der Waals surface area contributed by atoms with Crippen LogP contribution in [0.5, 0.6) is 0 Å². The molecule has 3 rings (SSSR count). The maximum atomic E-state index is 10.1. The molecule has 1 aromatic carbocycles. The Balaban J connectivity index is 1.52. The minimum Gasteiger partial charge on any atom is -0.388 e. The van der Waals surface area contributed by atoms with Crippen molar-refractivity contribution >= 4 is 23.2 Å². The van der Waals surface area contributed by atoms with Gasteiger partial charge in [-0.05, 0) is 43.5 Å². The predicted molar refractivity (Wildman–Crippen MR) is 90.5 cm³/mol. The van der Waals surface area contributed by atoms with Crippen LogP contribution < -0.4 is 10.6 Å². The van der Waals surface area contributed by atoms with Crippen molar-refractivity contribution in [3.63, 3.8) is 0 Å². The average molecular weight is 323 g/mol. The molecule has 0 bridgehead atoms. The van der Waals surface area contributed by atoms with Crippen LogP contribution in [0.25, 0.3) is 0 Å². The van der Waals surface area contributed by atoms with Gasteiger partial charge in [-0.2, -0.15) is 0 Å². The van der Waals surface area contributed by atoms with E-state index in [1.54, 1.807) is 0 Å². The molecule has 0 aromatic heterocycles. The third-order valence-corrected chi connectivity index (χ3v) is 4.87. The minimum absolute atomic E-state index is 0.427. The molecule has 1 aliphatic carbocycles. The fourth-order valence-electron chi connectivity index (χ4n) is 2.92. The summed E-state index contributed by atoms with van der Waals surface area (Å²) >= 11 is 5.92. The zero-order valence-corrected chi connectivity index (χ0v) is 13.5. The number of piperazine rings is 1. The summed E-state index contributed by atoms with van der Waals surface area (Å²) in [6, 6.07) is 7.92. The Morgan fingerprint density at radius 1 is 1.18 bits per heavy atom. The van der Waals surface area contributed by atoms with Crippen LogP contribution in [0.2, 0.25) is 5.02 Å². The molecule has 5 nitrogen and oxygen atoms in total. The normalized spacial score (nSPS) is 21.6. The molecule has 1 heterocycles. The highest BCUT2D eigenvalue weighted by Crippen LogP contribution is 2.31. The largest absolute Gasteiger partial charge is 0.388 e. The standard InChI is InChI=1S/C16H23ClN4O/c17-13-2-4-14(5-3-13)20-8-10-21(11-9-20)15(18)19-12-16(22)6-1-7-16/h2-5,22H,1,6-12H2,(H2,18,19). The van der Waals surface area contributed by atoms with Gasteiger partial charge < -0.3 is 20.6 Å². The van der Waals surface area contributed by atoms with Crippen molar-refractivity contribution in [1.82, 2.24) is 4.90 Å². The molecule has 0 spiro atoms. The van der Waals surface area contributed by atoms with Crippen LogP contribution >= 0.6 is 11.6 Å². The molecule has 1 aromatic rings. The van der Waals surface area contributed by atoms with Gasteiger partial charge >= 0.3 is 0 Å². The van der Waals surface area contributed by atoms with Gasteiger partial charge in [0.1, 0.15) is 0 Å². The second kappa shape index (κ2) is 6.34. The lowest BCUT2D eigenvalue weighted by Crippen LogP contribution is -2.51. The van der Waals surface area contributed by atoms with Crippen molar-refractivity contribution in [3.8, 4) is 0 Å². The summed E-state index contributed by atoms with van der Waals surface area (Å²) in [4.78, 5) is 8.80. The first-order valence-electron chi connectivity index (χ1n) is 7.84. The van der Waals surface area contributed by atoms with Crippen molar-refractivity contribution in [3.05, 3.63) is 29.3 Å². The zero-order valence-electron chi connectivity index (χ0n) is 12.7. The molecule has 1 aliphatic heterocycles. The number of aliphatic hydroxyl groups is 1. The van der Waals surface area contributed by atoms with Crippen molar-refractivity contribution in [2.45, 2.75) is 24.9 Å². The third-order valence-electron chi connectivity index (χ3n) is 4.62. The van der Waals surface area contributed by atoms with E-state index in [1.807, 2.05) is 24.3 Å². The first-order chi connectivity index (χ1) is 10.6. The number of nitrogens with zero attached hydrogens (tertiary/aromatic N) is 3. The summed E-state index contributed by atoms with van der Waals surface area (Å²) < 4.78 is 0. The number of benzene rings is 1. The number of anilines is 1. The van der Waals surface area contributed by atoms with Crippen molar-refractivity contribution in [1.29, 1.82) is 0 Å². The van der Waals surface area contributed by atoms with Crippen LogP contribution in [0.4, 0.5) is 5.69 Å². The summed E-state index contributed by atoms with van der Waals surface area (Å²) in [5.41, 5.74) is 6.65. The molecule has 120 valence electrons. The molecule has 0 radical (unpaired) electrons. The summed E-state index contributed by atoms with van der Waals surface area (Å²) in [6.07, 6.45) is 2.77. The van der Waals surface area contributed by atoms with Gasteiger partial charge in [0.25, 0.3) is 0 Å². The van der Waals surface area contributed by atoms with Crippen LogP contribution in [0.1, 0.15) is 19.3 Å². The molecular weight excluding hydrogens is 300 g/mol. The lowest BCUT2D eigenvalue weighted by atomic mass is 9.80. The van der Waals surface area contributed by atoms with E-state index in [2.05, 4.69) is 14.8 Å². The van der Waals surface area contributed by atoms with E-state index in [1.165, 1.54) is 5.69 Å². The van der Waals surface area contributed by atoms with Crippen molar-refractivity contribution in [2.24, 2.45) is 10.7 Å². The molecule has 1 saturated heterocycles. The van der Waals surface area contributed by atoms with Gasteiger partial charge in [0.2, 0.25) is 0 Å². The van der Waals surface area contributed by atoms with Crippen molar-refractivity contribution < 1.29 is 5.11 Å². The molecule has 6 heteroatoms. The van der Waals surface area contributed by atoms with E-state index in [0.29, 0.717) is 12.5 Å². The van der Waals surface area contributed by atoms with E-state index in [9.17, 15) is 5.11 Å². The number of nitrogens with two attached hydrogens (primary N) is 1. The van der Waals surface area contributed by atoms with Gasteiger partial charge in [-0.15, -0.1) is 0 Å². The summed E-state index contributed by atoms with van der Waals surface area (Å²) in [5.74, 6) is 0.552. The van der Waals surface area contributed by atoms with Crippen LogP contribution in [0.3, 0.4) is 0 Å². The fraction of sp³-hybridized carbons (Fsp3) is 0.562. The zero-order chi connectivity index (χ0) is 15.6. The number of guanidine groups is 1. The predicted octanol–water partition coefficient (Wildman–Crippen LogP) is 1.69.